The molecule has 0 radical (unpaired) electrons. The van der Waals surface area contributed by atoms with E-state index in [2.05, 4.69) is 21.6 Å². The van der Waals surface area contributed by atoms with E-state index in [4.69, 9.17) is 0 Å². The van der Waals surface area contributed by atoms with E-state index in [0.717, 1.165) is 11.6 Å². The molecule has 0 fully saturated rings. The Morgan fingerprint density at radius 2 is 1.83 bits per heavy atom. The molecule has 5 nitrogen and oxygen atoms in total. The molecule has 0 aliphatic heterocycles. The van der Waals surface area contributed by atoms with Crippen LogP contribution in [0.15, 0.2) is 48.5 Å². The third-order valence-electron chi connectivity index (χ3n) is 3.26. The number of rotatable bonds is 4. The first-order chi connectivity index (χ1) is 11.7. The van der Waals surface area contributed by atoms with Crippen LogP contribution < -0.4 is 0 Å². The molecule has 0 amide bonds. The molecule has 0 saturated heterocycles. The predicted octanol–water partition coefficient (Wildman–Crippen LogP) is 3.06. The van der Waals surface area contributed by atoms with Gasteiger partial charge in [0.05, 0.1) is 12.1 Å². The van der Waals surface area contributed by atoms with E-state index >= 15 is 0 Å². The Kier molecular flexibility index (Phi) is 4.38. The molecule has 0 saturated carbocycles. The zero-order valence-electron chi connectivity index (χ0n) is 12.4. The van der Waals surface area contributed by atoms with Crippen molar-refractivity contribution in [3.05, 3.63) is 77.1 Å². The van der Waals surface area contributed by atoms with Gasteiger partial charge < -0.3 is 0 Å². The van der Waals surface area contributed by atoms with E-state index in [0.29, 0.717) is 5.56 Å². The highest BCUT2D eigenvalue weighted by Gasteiger charge is 2.13. The number of nitrogens with zero attached hydrogens (tertiary/aromatic N) is 5. The first kappa shape index (κ1) is 15.5. The zero-order chi connectivity index (χ0) is 16.9. The lowest BCUT2D eigenvalue weighted by Gasteiger charge is -2.05. The van der Waals surface area contributed by atoms with Crippen molar-refractivity contribution in [3.63, 3.8) is 0 Å². The molecule has 3 aromatic rings. The maximum absolute atomic E-state index is 13.3. The van der Waals surface area contributed by atoms with Crippen molar-refractivity contribution in [2.45, 2.75) is 6.54 Å². The molecule has 0 unspecified atom stereocenters. The van der Waals surface area contributed by atoms with E-state index in [1.807, 2.05) is 30.3 Å². The number of benzene rings is 2. The highest BCUT2D eigenvalue weighted by atomic mass is 19.1. The summed E-state index contributed by atoms with van der Waals surface area (Å²) in [6.45, 7) is 0.0465. The zero-order valence-corrected chi connectivity index (χ0v) is 12.4. The SMILES string of the molecule is N#CC(=Cc1ccccc1)c1nnnn1Cc1cc(F)cc(F)c1. The fraction of sp³-hybridized carbons (Fsp3) is 0.0588. The van der Waals surface area contributed by atoms with Gasteiger partial charge in [-0.15, -0.1) is 5.10 Å². The summed E-state index contributed by atoms with van der Waals surface area (Å²) in [4.78, 5) is 0. The molecule has 0 spiro atoms. The summed E-state index contributed by atoms with van der Waals surface area (Å²) in [7, 11) is 0. The number of tetrazole rings is 1. The van der Waals surface area contributed by atoms with Crippen LogP contribution in [-0.4, -0.2) is 20.2 Å². The molecule has 24 heavy (non-hydrogen) atoms. The summed E-state index contributed by atoms with van der Waals surface area (Å²) in [6, 6.07) is 14.5. The van der Waals surface area contributed by atoms with Gasteiger partial charge in [-0.25, -0.2) is 13.5 Å². The van der Waals surface area contributed by atoms with Crippen molar-refractivity contribution < 1.29 is 8.78 Å². The van der Waals surface area contributed by atoms with Crippen LogP contribution in [0.3, 0.4) is 0 Å². The topological polar surface area (TPSA) is 67.4 Å². The maximum Gasteiger partial charge on any atom is 0.193 e. The Hall–Kier alpha value is -3.40. The van der Waals surface area contributed by atoms with E-state index in [-0.39, 0.29) is 17.9 Å². The second-order valence-electron chi connectivity index (χ2n) is 5.02. The third-order valence-corrected chi connectivity index (χ3v) is 3.26. The van der Waals surface area contributed by atoms with Gasteiger partial charge in [-0.05, 0) is 39.8 Å². The Balaban J connectivity index is 1.94. The first-order valence-corrected chi connectivity index (χ1v) is 7.04. The Morgan fingerprint density at radius 1 is 1.12 bits per heavy atom. The molecule has 1 aromatic heterocycles. The highest BCUT2D eigenvalue weighted by Crippen LogP contribution is 2.16. The maximum atomic E-state index is 13.3. The number of nitriles is 1. The number of hydrogen-bond acceptors (Lipinski definition) is 4. The Morgan fingerprint density at radius 3 is 2.50 bits per heavy atom. The fourth-order valence-electron chi connectivity index (χ4n) is 2.24. The lowest BCUT2D eigenvalue weighted by atomic mass is 10.1. The van der Waals surface area contributed by atoms with Crippen molar-refractivity contribution in [2.24, 2.45) is 0 Å². The summed E-state index contributed by atoms with van der Waals surface area (Å²) in [5.41, 5.74) is 1.43. The van der Waals surface area contributed by atoms with Gasteiger partial charge in [0.25, 0.3) is 0 Å². The molecule has 0 aliphatic rings. The standard InChI is InChI=1S/C17H11F2N5/c18-15-7-13(8-16(19)9-15)11-24-17(21-22-23-24)14(10-20)6-12-4-2-1-3-5-12/h1-9H,11H2. The average Bonchev–Trinajstić information content (AvgIpc) is 3.00. The smallest absolute Gasteiger partial charge is 0.193 e. The summed E-state index contributed by atoms with van der Waals surface area (Å²) in [5.74, 6) is -1.13. The number of hydrogen-bond donors (Lipinski definition) is 0. The summed E-state index contributed by atoms with van der Waals surface area (Å²) in [6.07, 6.45) is 1.65. The van der Waals surface area contributed by atoms with Crippen LogP contribution >= 0.6 is 0 Å². The minimum absolute atomic E-state index is 0.0465. The lowest BCUT2D eigenvalue weighted by molar-refractivity contribution is 0.571. The second-order valence-corrected chi connectivity index (χ2v) is 5.02. The van der Waals surface area contributed by atoms with E-state index in [1.165, 1.54) is 16.8 Å². The normalized spacial score (nSPS) is 11.3. The monoisotopic (exact) mass is 323 g/mol. The molecule has 2 aromatic carbocycles. The fourth-order valence-corrected chi connectivity index (χ4v) is 2.24. The number of aromatic nitrogens is 4. The molecule has 118 valence electrons. The van der Waals surface area contributed by atoms with Crippen LogP contribution in [-0.2, 0) is 6.54 Å². The van der Waals surface area contributed by atoms with Gasteiger partial charge in [0.1, 0.15) is 17.7 Å². The predicted molar refractivity (Wildman–Crippen MR) is 83.2 cm³/mol. The van der Waals surface area contributed by atoms with Crippen molar-refractivity contribution in [3.8, 4) is 6.07 Å². The van der Waals surface area contributed by atoms with E-state index in [9.17, 15) is 14.0 Å². The lowest BCUT2D eigenvalue weighted by Crippen LogP contribution is -2.07. The minimum Gasteiger partial charge on any atom is -0.220 e. The third kappa shape index (κ3) is 3.50. The average molecular weight is 323 g/mol. The van der Waals surface area contributed by atoms with Crippen molar-refractivity contribution in [1.82, 2.24) is 20.2 Å². The van der Waals surface area contributed by atoms with Gasteiger partial charge in [-0.1, -0.05) is 30.3 Å². The molecule has 0 atom stereocenters. The Bertz CT molecular complexity index is 905. The van der Waals surface area contributed by atoms with Gasteiger partial charge in [0, 0.05) is 6.07 Å². The van der Waals surface area contributed by atoms with Gasteiger partial charge in [0.15, 0.2) is 5.82 Å². The van der Waals surface area contributed by atoms with E-state index < -0.39 is 11.6 Å². The summed E-state index contributed by atoms with van der Waals surface area (Å²) >= 11 is 0. The molecule has 1 heterocycles. The van der Waals surface area contributed by atoms with Crippen LogP contribution in [0.25, 0.3) is 11.6 Å². The molecule has 0 N–H and O–H groups in total. The van der Waals surface area contributed by atoms with Crippen LogP contribution in [0.4, 0.5) is 8.78 Å². The molecule has 0 aliphatic carbocycles. The summed E-state index contributed by atoms with van der Waals surface area (Å²) in [5, 5.41) is 20.6. The first-order valence-electron chi connectivity index (χ1n) is 7.04. The van der Waals surface area contributed by atoms with Gasteiger partial charge in [0.2, 0.25) is 0 Å². The van der Waals surface area contributed by atoms with Gasteiger partial charge >= 0.3 is 0 Å². The van der Waals surface area contributed by atoms with Crippen LogP contribution in [0, 0.1) is 23.0 Å². The van der Waals surface area contributed by atoms with E-state index in [1.54, 1.807) is 6.08 Å². The van der Waals surface area contributed by atoms with Crippen LogP contribution in [0.5, 0.6) is 0 Å². The molecule has 0 bridgehead atoms. The molecular formula is C17H11F2N5. The molecular weight excluding hydrogens is 312 g/mol. The minimum atomic E-state index is -0.681. The number of allylic oxidation sites excluding steroid dienone is 1. The van der Waals surface area contributed by atoms with Gasteiger partial charge in [-0.3, -0.25) is 0 Å². The van der Waals surface area contributed by atoms with Gasteiger partial charge in [-0.2, -0.15) is 5.26 Å². The largest absolute Gasteiger partial charge is 0.220 e. The molecule has 7 heteroatoms. The second kappa shape index (κ2) is 6.79. The van der Waals surface area contributed by atoms with Crippen LogP contribution in [0.1, 0.15) is 17.0 Å². The molecule has 3 rings (SSSR count). The quantitative estimate of drug-likeness (QED) is 0.692. The van der Waals surface area contributed by atoms with Crippen molar-refractivity contribution in [1.29, 1.82) is 5.26 Å². The summed E-state index contributed by atoms with van der Waals surface area (Å²) < 4.78 is 27.9. The van der Waals surface area contributed by atoms with Crippen molar-refractivity contribution >= 4 is 11.6 Å². The number of halogens is 2. The van der Waals surface area contributed by atoms with Crippen LogP contribution in [0.2, 0.25) is 0 Å². The highest BCUT2D eigenvalue weighted by molar-refractivity contribution is 5.86. The van der Waals surface area contributed by atoms with Crippen molar-refractivity contribution in [2.75, 3.05) is 0 Å². The Labute approximate surface area is 136 Å².